The highest BCUT2D eigenvalue weighted by Crippen LogP contribution is 2.26. The van der Waals surface area contributed by atoms with Crippen LogP contribution in [0.3, 0.4) is 0 Å². The van der Waals surface area contributed by atoms with Crippen LogP contribution in [0.15, 0.2) is 18.2 Å². The molecule has 0 radical (unpaired) electrons. The maximum atomic E-state index is 12.6. The van der Waals surface area contributed by atoms with Gasteiger partial charge in [0.05, 0.1) is 13.1 Å². The largest absolute Gasteiger partial charge is 0.656 e. The van der Waals surface area contributed by atoms with Crippen LogP contribution < -0.4 is 5.59 Å². The lowest BCUT2D eigenvalue weighted by atomic mass is 9.83. The molecule has 112 valence electrons. The Morgan fingerprint density at radius 1 is 1.19 bits per heavy atom. The number of hydrogen-bond donors (Lipinski definition) is 0. The van der Waals surface area contributed by atoms with Crippen LogP contribution in [0.1, 0.15) is 5.69 Å². The Bertz CT molecular complexity index is 547. The fraction of sp³-hybridized carbons (Fsp3) is 0.364. The van der Waals surface area contributed by atoms with Crippen LogP contribution in [0, 0.1) is 0 Å². The van der Waals surface area contributed by atoms with E-state index in [1.807, 2.05) is 0 Å². The summed E-state index contributed by atoms with van der Waals surface area (Å²) in [6, 6.07) is 3.05. The predicted molar refractivity (Wildman–Crippen MR) is 64.3 cm³/mol. The number of pyridine rings is 1. The van der Waals surface area contributed by atoms with E-state index in [2.05, 4.69) is 4.98 Å². The summed E-state index contributed by atoms with van der Waals surface area (Å²) in [5, 5.41) is 0. The standard InChI is InChI=1S/C11H10BF3N2O4/c1-17-5-9(18)20-12(21-10(19)6-17)8-4-2-3-7(16-8)11(13,14)15/h2-4H,5-6H2,1H3. The number of hydrogen-bond acceptors (Lipinski definition) is 6. The topological polar surface area (TPSA) is 68.7 Å². The van der Waals surface area contributed by atoms with Crippen molar-refractivity contribution >= 4 is 24.7 Å². The molecule has 0 amide bonds. The molecule has 0 atom stereocenters. The van der Waals surface area contributed by atoms with Gasteiger partial charge in [0.1, 0.15) is 11.3 Å². The van der Waals surface area contributed by atoms with E-state index in [1.54, 1.807) is 0 Å². The van der Waals surface area contributed by atoms with Gasteiger partial charge in [-0.1, -0.05) is 6.07 Å². The van der Waals surface area contributed by atoms with Crippen molar-refractivity contribution in [3.8, 4) is 0 Å². The third kappa shape index (κ3) is 3.94. The molecule has 1 aromatic heterocycles. The summed E-state index contributed by atoms with van der Waals surface area (Å²) in [6.07, 6.45) is -4.65. The Morgan fingerprint density at radius 2 is 1.76 bits per heavy atom. The Morgan fingerprint density at radius 3 is 2.29 bits per heavy atom. The van der Waals surface area contributed by atoms with E-state index >= 15 is 0 Å². The average molecular weight is 302 g/mol. The van der Waals surface area contributed by atoms with Crippen molar-refractivity contribution in [1.29, 1.82) is 0 Å². The maximum Gasteiger partial charge on any atom is 0.656 e. The lowest BCUT2D eigenvalue weighted by Gasteiger charge is -2.22. The molecule has 1 aliphatic rings. The van der Waals surface area contributed by atoms with Gasteiger partial charge in [0.15, 0.2) is 0 Å². The molecule has 1 fully saturated rings. The van der Waals surface area contributed by atoms with Gasteiger partial charge < -0.3 is 9.31 Å². The van der Waals surface area contributed by atoms with Crippen molar-refractivity contribution < 1.29 is 32.1 Å². The number of likely N-dealkylation sites (N-methyl/N-ethyl adjacent to an activating group) is 1. The van der Waals surface area contributed by atoms with Gasteiger partial charge in [-0.05, 0) is 19.2 Å². The smallest absolute Gasteiger partial charge is 0.493 e. The number of carbonyl (C=O) groups is 2. The van der Waals surface area contributed by atoms with Gasteiger partial charge in [-0.15, -0.1) is 0 Å². The van der Waals surface area contributed by atoms with Crippen LogP contribution in [0.2, 0.25) is 0 Å². The first kappa shape index (κ1) is 15.3. The zero-order valence-electron chi connectivity index (χ0n) is 10.9. The summed E-state index contributed by atoms with van der Waals surface area (Å²) in [5.41, 5.74) is -1.46. The molecule has 0 aromatic carbocycles. The van der Waals surface area contributed by atoms with Gasteiger partial charge in [0.25, 0.3) is 0 Å². The van der Waals surface area contributed by atoms with Crippen LogP contribution in [0.25, 0.3) is 0 Å². The van der Waals surface area contributed by atoms with E-state index in [0.717, 1.165) is 12.1 Å². The SMILES string of the molecule is CN1CC(=O)OB(c2cccc(C(F)(F)F)n2)OC(=O)C1. The number of halogens is 3. The molecule has 0 saturated carbocycles. The molecule has 0 bridgehead atoms. The Hall–Kier alpha value is -2.10. The van der Waals surface area contributed by atoms with Gasteiger partial charge in [0, 0.05) is 0 Å². The second-order valence-corrected chi connectivity index (χ2v) is 4.43. The molecule has 0 spiro atoms. The zero-order valence-corrected chi connectivity index (χ0v) is 10.9. The first-order valence-corrected chi connectivity index (χ1v) is 5.87. The molecule has 0 aliphatic carbocycles. The minimum absolute atomic E-state index is 0.176. The predicted octanol–water partition coefficient (Wildman–Crippen LogP) is -0.173. The van der Waals surface area contributed by atoms with Gasteiger partial charge in [-0.2, -0.15) is 13.2 Å². The number of carbonyl (C=O) groups excluding carboxylic acids is 2. The molecule has 21 heavy (non-hydrogen) atoms. The summed E-state index contributed by atoms with van der Waals surface area (Å²) >= 11 is 0. The number of aromatic nitrogens is 1. The van der Waals surface area contributed by atoms with Gasteiger partial charge >= 0.3 is 25.2 Å². The fourth-order valence-corrected chi connectivity index (χ4v) is 1.70. The van der Waals surface area contributed by atoms with E-state index in [0.29, 0.717) is 0 Å². The normalized spacial score (nSPS) is 17.8. The van der Waals surface area contributed by atoms with Gasteiger partial charge in [0.2, 0.25) is 0 Å². The molecule has 1 aliphatic heterocycles. The van der Waals surface area contributed by atoms with E-state index < -0.39 is 30.9 Å². The third-order valence-electron chi connectivity index (χ3n) is 2.58. The summed E-state index contributed by atoms with van der Waals surface area (Å²) in [7, 11) is -0.0771. The third-order valence-corrected chi connectivity index (χ3v) is 2.58. The van der Waals surface area contributed by atoms with E-state index in [9.17, 15) is 22.8 Å². The number of rotatable bonds is 1. The highest BCUT2D eigenvalue weighted by atomic mass is 19.4. The summed E-state index contributed by atoms with van der Waals surface area (Å²) in [4.78, 5) is 27.7. The zero-order chi connectivity index (χ0) is 15.6. The van der Waals surface area contributed by atoms with Crippen LogP contribution in [0.5, 0.6) is 0 Å². The monoisotopic (exact) mass is 302 g/mol. The van der Waals surface area contributed by atoms with E-state index in [-0.39, 0.29) is 18.7 Å². The van der Waals surface area contributed by atoms with Crippen molar-refractivity contribution in [2.45, 2.75) is 6.18 Å². The molecular formula is C11H10BF3N2O4. The second-order valence-electron chi connectivity index (χ2n) is 4.43. The molecule has 0 N–H and O–H groups in total. The average Bonchev–Trinajstić information content (AvgIpc) is 2.35. The maximum absolute atomic E-state index is 12.6. The van der Waals surface area contributed by atoms with Crippen LogP contribution in [0.4, 0.5) is 13.2 Å². The van der Waals surface area contributed by atoms with Crippen molar-refractivity contribution in [1.82, 2.24) is 9.88 Å². The highest BCUT2D eigenvalue weighted by Gasteiger charge is 2.38. The Balaban J connectivity index is 2.27. The van der Waals surface area contributed by atoms with E-state index in [1.165, 1.54) is 18.0 Å². The lowest BCUT2D eigenvalue weighted by Crippen LogP contribution is -2.49. The quantitative estimate of drug-likeness (QED) is 0.671. The van der Waals surface area contributed by atoms with Crippen molar-refractivity contribution in [2.75, 3.05) is 20.1 Å². The first-order valence-electron chi connectivity index (χ1n) is 5.87. The summed E-state index contributed by atoms with van der Waals surface area (Å²) in [5.74, 6) is -1.46. The van der Waals surface area contributed by atoms with Crippen LogP contribution in [-0.4, -0.2) is 49.1 Å². The molecule has 10 heteroatoms. The van der Waals surface area contributed by atoms with Crippen molar-refractivity contribution in [2.24, 2.45) is 0 Å². The lowest BCUT2D eigenvalue weighted by molar-refractivity contribution is -0.145. The van der Waals surface area contributed by atoms with Crippen LogP contribution in [-0.2, 0) is 25.1 Å². The molecule has 1 saturated heterocycles. The molecule has 2 heterocycles. The Labute approximate surface area is 118 Å². The molecule has 1 aromatic rings. The van der Waals surface area contributed by atoms with Crippen molar-refractivity contribution in [3.63, 3.8) is 0 Å². The summed E-state index contributed by atoms with van der Waals surface area (Å²) < 4.78 is 47.5. The second kappa shape index (κ2) is 5.72. The number of alkyl halides is 3. The van der Waals surface area contributed by atoms with Crippen LogP contribution >= 0.6 is 0 Å². The minimum atomic E-state index is -4.65. The molecular weight excluding hydrogens is 292 g/mol. The Kier molecular flexibility index (Phi) is 4.17. The molecule has 6 nitrogen and oxygen atoms in total. The highest BCUT2D eigenvalue weighted by molar-refractivity contribution is 6.63. The van der Waals surface area contributed by atoms with Gasteiger partial charge in [-0.3, -0.25) is 14.5 Å². The first-order chi connectivity index (χ1) is 9.75. The van der Waals surface area contributed by atoms with Crippen molar-refractivity contribution in [3.05, 3.63) is 23.9 Å². The molecule has 2 rings (SSSR count). The van der Waals surface area contributed by atoms with Gasteiger partial charge in [-0.25, -0.2) is 4.98 Å². The minimum Gasteiger partial charge on any atom is -0.493 e. The summed E-state index contributed by atoms with van der Waals surface area (Å²) in [6.45, 7) is -0.352. The molecule has 0 unspecified atom stereocenters. The van der Waals surface area contributed by atoms with E-state index in [4.69, 9.17) is 9.31 Å². The fourth-order valence-electron chi connectivity index (χ4n) is 1.70. The number of nitrogens with zero attached hydrogens (tertiary/aromatic N) is 2.